The van der Waals surface area contributed by atoms with E-state index in [1.807, 2.05) is 48.8 Å². The van der Waals surface area contributed by atoms with E-state index in [1.54, 1.807) is 17.5 Å². The number of benzene rings is 1. The van der Waals surface area contributed by atoms with Crippen molar-refractivity contribution in [1.29, 1.82) is 0 Å². The molecule has 0 amide bonds. The number of hydrogen-bond donors (Lipinski definition) is 2. The number of aromatic nitrogens is 3. The van der Waals surface area contributed by atoms with Gasteiger partial charge in [-0.2, -0.15) is 4.94 Å². The summed E-state index contributed by atoms with van der Waals surface area (Å²) in [4.78, 5) is 14.5. The van der Waals surface area contributed by atoms with Gasteiger partial charge in [-0.15, -0.1) is 0 Å². The van der Waals surface area contributed by atoms with Crippen molar-refractivity contribution in [2.24, 2.45) is 0 Å². The van der Waals surface area contributed by atoms with Crippen LogP contribution in [0, 0.1) is 0 Å². The summed E-state index contributed by atoms with van der Waals surface area (Å²) in [7, 11) is 0. The van der Waals surface area contributed by atoms with Gasteiger partial charge in [0.05, 0.1) is 11.9 Å². The lowest BCUT2D eigenvalue weighted by atomic mass is 9.85. The van der Waals surface area contributed by atoms with Crippen LogP contribution in [0.1, 0.15) is 31.0 Å². The molecule has 3 aromatic rings. The maximum atomic E-state index is 6.26. The predicted octanol–water partition coefficient (Wildman–Crippen LogP) is 3.67. The minimum atomic E-state index is 0.450. The quantitative estimate of drug-likeness (QED) is 0.658. The first kappa shape index (κ1) is 18.0. The fourth-order valence-corrected chi connectivity index (χ4v) is 4.12. The number of nitrogens with one attached hydrogen (secondary N) is 1. The van der Waals surface area contributed by atoms with Gasteiger partial charge in [-0.3, -0.25) is 4.40 Å². The van der Waals surface area contributed by atoms with Gasteiger partial charge in [0.25, 0.3) is 0 Å². The van der Waals surface area contributed by atoms with Crippen LogP contribution in [0.2, 0.25) is 0 Å². The van der Waals surface area contributed by atoms with Crippen LogP contribution in [-0.2, 0) is 4.94 Å². The minimum Gasteiger partial charge on any atom is -0.489 e. The lowest BCUT2D eigenvalue weighted by Crippen LogP contribution is -2.16. The minimum absolute atomic E-state index is 0.450. The number of nitrogens with zero attached hydrogens (tertiary/aromatic N) is 4. The van der Waals surface area contributed by atoms with E-state index in [0.717, 1.165) is 39.6 Å². The first-order valence-corrected chi connectivity index (χ1v) is 10.4. The Morgan fingerprint density at radius 1 is 1.29 bits per heavy atom. The van der Waals surface area contributed by atoms with Crippen LogP contribution < -0.4 is 16.0 Å². The van der Waals surface area contributed by atoms with Gasteiger partial charge in [-0.25, -0.2) is 20.5 Å². The Hall–Kier alpha value is -3.78. The van der Waals surface area contributed by atoms with Gasteiger partial charge >= 0.3 is 0 Å². The molecule has 0 atom stereocenters. The molecule has 156 valence electrons. The van der Waals surface area contributed by atoms with Crippen LogP contribution in [0.3, 0.4) is 0 Å². The summed E-state index contributed by atoms with van der Waals surface area (Å²) in [6.45, 7) is 0.450. The number of anilines is 1. The zero-order valence-corrected chi connectivity index (χ0v) is 16.9. The number of ether oxygens (including phenoxy) is 1. The van der Waals surface area contributed by atoms with Crippen molar-refractivity contribution in [2.75, 3.05) is 12.3 Å². The van der Waals surface area contributed by atoms with Gasteiger partial charge in [0.2, 0.25) is 0 Å². The molecule has 1 fully saturated rings. The van der Waals surface area contributed by atoms with Crippen LogP contribution in [0.25, 0.3) is 16.8 Å². The Balaban J connectivity index is 1.30. The second-order valence-electron chi connectivity index (χ2n) is 7.93. The second kappa shape index (κ2) is 7.17. The molecule has 0 radical (unpaired) electrons. The topological polar surface area (TPSA) is 89.9 Å². The number of hydroxylamine groups is 3. The molecule has 1 aliphatic carbocycles. The van der Waals surface area contributed by atoms with Crippen molar-refractivity contribution in [3.63, 3.8) is 0 Å². The fraction of sp³-hybridized carbons (Fsp3) is 0.217. The smallest absolute Gasteiger partial charge is 0.150 e. The molecular formula is C23H22N6O2. The summed E-state index contributed by atoms with van der Waals surface area (Å²) in [6.07, 6.45) is 14.9. The zero-order valence-electron chi connectivity index (χ0n) is 16.9. The van der Waals surface area contributed by atoms with E-state index >= 15 is 0 Å². The number of imidazole rings is 1. The summed E-state index contributed by atoms with van der Waals surface area (Å²) in [6, 6.07) is 7.99. The maximum absolute atomic E-state index is 6.26. The number of rotatable bonds is 5. The van der Waals surface area contributed by atoms with Crippen molar-refractivity contribution in [3.8, 4) is 17.0 Å². The summed E-state index contributed by atoms with van der Waals surface area (Å²) < 4.78 is 8.18. The molecular weight excluding hydrogens is 392 g/mol. The second-order valence-corrected chi connectivity index (χ2v) is 7.93. The molecule has 2 aliphatic heterocycles. The number of nitrogens with two attached hydrogens (primary N) is 1. The third-order valence-electron chi connectivity index (χ3n) is 5.96. The van der Waals surface area contributed by atoms with Crippen LogP contribution in [0.4, 0.5) is 5.82 Å². The fourth-order valence-electron chi connectivity index (χ4n) is 4.12. The molecule has 8 nitrogen and oxygen atoms in total. The molecule has 3 N–H and O–H groups in total. The first-order valence-electron chi connectivity index (χ1n) is 10.4. The summed E-state index contributed by atoms with van der Waals surface area (Å²) in [5, 5.41) is 1.66. The number of hydrogen-bond acceptors (Lipinski definition) is 7. The molecule has 2 aromatic heterocycles. The normalized spacial score (nSPS) is 17.7. The van der Waals surface area contributed by atoms with Gasteiger partial charge in [0, 0.05) is 30.1 Å². The SMILES string of the molecule is Nc1nccn2c(C3CCC3)nc(-c3cccc(OCC4=CC5=CNON5C=C4)c3)c12. The average Bonchev–Trinajstić information content (AvgIpc) is 3.37. The Labute approximate surface area is 179 Å². The molecule has 3 aliphatic rings. The molecule has 8 heteroatoms. The Kier molecular flexibility index (Phi) is 4.17. The summed E-state index contributed by atoms with van der Waals surface area (Å²) >= 11 is 0. The first-order chi connectivity index (χ1) is 15.3. The van der Waals surface area contributed by atoms with E-state index in [0.29, 0.717) is 18.3 Å². The standard InChI is InChI=1S/C23H22N6O2/c24-22-21-20(27-23(16-3-1-4-16)28(21)10-8-25-22)17-5-2-6-19(12-17)30-14-15-7-9-29-18(11-15)13-26-31-29/h2,5-13,16,26H,1,3-4,14H2,(H2,24,25). The summed E-state index contributed by atoms with van der Waals surface area (Å²) in [5.74, 6) is 2.82. The Morgan fingerprint density at radius 2 is 2.23 bits per heavy atom. The largest absolute Gasteiger partial charge is 0.489 e. The molecule has 0 saturated heterocycles. The van der Waals surface area contributed by atoms with E-state index < -0.39 is 0 Å². The van der Waals surface area contributed by atoms with Gasteiger partial charge in [-0.1, -0.05) is 18.6 Å². The highest BCUT2D eigenvalue weighted by atomic mass is 16.8. The highest BCUT2D eigenvalue weighted by molar-refractivity contribution is 5.85. The van der Waals surface area contributed by atoms with E-state index in [4.69, 9.17) is 20.4 Å². The van der Waals surface area contributed by atoms with E-state index in [-0.39, 0.29) is 0 Å². The van der Waals surface area contributed by atoms with E-state index in [2.05, 4.69) is 14.9 Å². The van der Waals surface area contributed by atoms with Crippen molar-refractivity contribution in [3.05, 3.63) is 78.3 Å². The Bertz CT molecular complexity index is 1250. The summed E-state index contributed by atoms with van der Waals surface area (Å²) in [5.41, 5.74) is 13.7. The molecule has 0 unspecified atom stereocenters. The van der Waals surface area contributed by atoms with Crippen molar-refractivity contribution in [2.45, 2.75) is 25.2 Å². The number of fused-ring (bicyclic) bond motifs is 2. The zero-order chi connectivity index (χ0) is 20.8. The molecule has 31 heavy (non-hydrogen) atoms. The number of nitrogen functional groups attached to an aromatic ring is 1. The van der Waals surface area contributed by atoms with Crippen molar-refractivity contribution < 1.29 is 9.68 Å². The van der Waals surface area contributed by atoms with Gasteiger partial charge < -0.3 is 10.5 Å². The van der Waals surface area contributed by atoms with E-state index in [1.165, 1.54) is 19.3 Å². The van der Waals surface area contributed by atoms with Gasteiger partial charge in [0.1, 0.15) is 35.2 Å². The van der Waals surface area contributed by atoms with E-state index in [9.17, 15) is 0 Å². The van der Waals surface area contributed by atoms with Gasteiger partial charge in [0.15, 0.2) is 0 Å². The molecule has 0 spiro atoms. The lowest BCUT2D eigenvalue weighted by Gasteiger charge is -2.23. The van der Waals surface area contributed by atoms with Crippen LogP contribution in [-0.4, -0.2) is 26.0 Å². The maximum Gasteiger partial charge on any atom is 0.150 e. The Morgan fingerprint density at radius 3 is 3.10 bits per heavy atom. The third-order valence-corrected chi connectivity index (χ3v) is 5.96. The highest BCUT2D eigenvalue weighted by Gasteiger charge is 2.27. The number of allylic oxidation sites excluding steroid dienone is 1. The molecule has 6 rings (SSSR count). The van der Waals surface area contributed by atoms with Crippen molar-refractivity contribution >= 4 is 11.3 Å². The highest BCUT2D eigenvalue weighted by Crippen LogP contribution is 2.39. The van der Waals surface area contributed by atoms with Crippen LogP contribution in [0.15, 0.2) is 72.5 Å². The third kappa shape index (κ3) is 3.12. The van der Waals surface area contributed by atoms with Crippen molar-refractivity contribution in [1.82, 2.24) is 24.9 Å². The molecule has 1 saturated carbocycles. The van der Waals surface area contributed by atoms with Crippen LogP contribution >= 0.6 is 0 Å². The monoisotopic (exact) mass is 414 g/mol. The molecule has 1 aromatic carbocycles. The molecule has 0 bridgehead atoms. The van der Waals surface area contributed by atoms with Gasteiger partial charge in [-0.05, 0) is 42.7 Å². The lowest BCUT2D eigenvalue weighted by molar-refractivity contribution is -0.112. The predicted molar refractivity (Wildman–Crippen MR) is 116 cm³/mol. The molecule has 4 heterocycles. The average molecular weight is 414 g/mol. The van der Waals surface area contributed by atoms with Crippen LogP contribution in [0.5, 0.6) is 5.75 Å².